The van der Waals surface area contributed by atoms with Crippen molar-refractivity contribution in [3.05, 3.63) is 28.8 Å². The van der Waals surface area contributed by atoms with Crippen molar-refractivity contribution in [3.8, 4) is 5.75 Å². The normalized spacial score (nSPS) is 16.4. The zero-order valence-electron chi connectivity index (χ0n) is 11.0. The maximum atomic E-state index is 11.4. The lowest BCUT2D eigenvalue weighted by Gasteiger charge is -2.19. The quantitative estimate of drug-likeness (QED) is 0.839. The number of hydrogen-bond donors (Lipinski definition) is 2. The van der Waals surface area contributed by atoms with Crippen LogP contribution in [0.5, 0.6) is 5.75 Å². The number of ether oxygens (including phenoxy) is 1. The van der Waals surface area contributed by atoms with E-state index in [9.17, 15) is 9.90 Å². The van der Waals surface area contributed by atoms with Gasteiger partial charge in [0.1, 0.15) is 11.8 Å². The fraction of sp³-hybridized carbons (Fsp3) is 0.500. The standard InChI is InChI=1S/C14H19NO3/c1-8-6-9(2)13(18-3)11(7-8)12(14(16)17)15-10-4-5-10/h6-7,10,12,15H,4-5H2,1-3H3,(H,16,17). The minimum absolute atomic E-state index is 0.330. The minimum Gasteiger partial charge on any atom is -0.496 e. The molecule has 0 spiro atoms. The molecule has 0 aliphatic heterocycles. The van der Waals surface area contributed by atoms with Crippen molar-refractivity contribution in [2.45, 2.75) is 38.8 Å². The summed E-state index contributed by atoms with van der Waals surface area (Å²) in [7, 11) is 1.58. The first kappa shape index (κ1) is 12.9. The molecule has 1 atom stereocenters. The highest BCUT2D eigenvalue weighted by Gasteiger charge is 2.31. The maximum Gasteiger partial charge on any atom is 0.325 e. The summed E-state index contributed by atoms with van der Waals surface area (Å²) in [5.74, 6) is -0.189. The monoisotopic (exact) mass is 249 g/mol. The van der Waals surface area contributed by atoms with Gasteiger partial charge in [0, 0.05) is 11.6 Å². The molecular weight excluding hydrogens is 230 g/mol. The molecular formula is C14H19NO3. The number of rotatable bonds is 5. The summed E-state index contributed by atoms with van der Waals surface area (Å²) in [6, 6.07) is 3.53. The van der Waals surface area contributed by atoms with Crippen molar-refractivity contribution >= 4 is 5.97 Å². The summed E-state index contributed by atoms with van der Waals surface area (Å²) in [4.78, 5) is 11.4. The molecule has 2 N–H and O–H groups in total. The highest BCUT2D eigenvalue weighted by atomic mass is 16.5. The number of aryl methyl sites for hydroxylation is 2. The second-order valence-corrected chi connectivity index (χ2v) is 4.92. The van der Waals surface area contributed by atoms with Crippen LogP contribution in [-0.4, -0.2) is 24.2 Å². The third kappa shape index (κ3) is 2.64. The van der Waals surface area contributed by atoms with Gasteiger partial charge in [0.05, 0.1) is 7.11 Å². The number of hydrogen-bond acceptors (Lipinski definition) is 3. The first-order valence-corrected chi connectivity index (χ1v) is 6.17. The molecule has 4 heteroatoms. The first-order valence-electron chi connectivity index (χ1n) is 6.17. The summed E-state index contributed by atoms with van der Waals surface area (Å²) in [5.41, 5.74) is 2.73. The van der Waals surface area contributed by atoms with Gasteiger partial charge in [-0.2, -0.15) is 0 Å². The molecule has 4 nitrogen and oxygen atoms in total. The van der Waals surface area contributed by atoms with Crippen LogP contribution in [0.4, 0.5) is 0 Å². The molecule has 1 saturated carbocycles. The Balaban J connectivity index is 2.41. The number of carboxylic acids is 1. The molecule has 1 unspecified atom stereocenters. The summed E-state index contributed by atoms with van der Waals surface area (Å²) >= 11 is 0. The Morgan fingerprint density at radius 2 is 2.11 bits per heavy atom. The molecule has 18 heavy (non-hydrogen) atoms. The third-order valence-electron chi connectivity index (χ3n) is 3.19. The second kappa shape index (κ2) is 4.98. The number of carboxylic acid groups (broad SMARTS) is 1. The van der Waals surface area contributed by atoms with E-state index in [0.29, 0.717) is 11.8 Å². The molecule has 1 aromatic carbocycles. The highest BCUT2D eigenvalue weighted by molar-refractivity contribution is 5.77. The van der Waals surface area contributed by atoms with Crippen molar-refractivity contribution < 1.29 is 14.6 Å². The molecule has 0 radical (unpaired) electrons. The fourth-order valence-electron chi connectivity index (χ4n) is 2.26. The Morgan fingerprint density at radius 3 is 2.61 bits per heavy atom. The van der Waals surface area contributed by atoms with Crippen LogP contribution in [0.3, 0.4) is 0 Å². The SMILES string of the molecule is COc1c(C)cc(C)cc1C(NC1CC1)C(=O)O. The molecule has 0 amide bonds. The zero-order valence-corrected chi connectivity index (χ0v) is 11.0. The number of benzene rings is 1. The van der Waals surface area contributed by atoms with Crippen molar-refractivity contribution in [3.63, 3.8) is 0 Å². The van der Waals surface area contributed by atoms with E-state index in [1.165, 1.54) is 0 Å². The molecule has 0 bridgehead atoms. The van der Waals surface area contributed by atoms with Gasteiger partial charge in [-0.15, -0.1) is 0 Å². The molecule has 98 valence electrons. The van der Waals surface area contributed by atoms with Gasteiger partial charge >= 0.3 is 5.97 Å². The summed E-state index contributed by atoms with van der Waals surface area (Å²) < 4.78 is 5.36. The predicted molar refractivity (Wildman–Crippen MR) is 69.0 cm³/mol. The number of methoxy groups -OCH3 is 1. The van der Waals surface area contributed by atoms with E-state index in [-0.39, 0.29) is 0 Å². The average molecular weight is 249 g/mol. The van der Waals surface area contributed by atoms with Gasteiger partial charge in [0.25, 0.3) is 0 Å². The van der Waals surface area contributed by atoms with Gasteiger partial charge in [0.2, 0.25) is 0 Å². The summed E-state index contributed by atoms with van der Waals surface area (Å²) in [6.07, 6.45) is 2.10. The van der Waals surface area contributed by atoms with Crippen LogP contribution in [-0.2, 0) is 4.79 Å². The molecule has 0 heterocycles. The van der Waals surface area contributed by atoms with Gasteiger partial charge in [-0.1, -0.05) is 17.7 Å². The van der Waals surface area contributed by atoms with E-state index in [2.05, 4.69) is 5.32 Å². The predicted octanol–water partition coefficient (Wildman–Crippen LogP) is 2.19. The topological polar surface area (TPSA) is 58.6 Å². The van der Waals surface area contributed by atoms with Gasteiger partial charge < -0.3 is 9.84 Å². The van der Waals surface area contributed by atoms with E-state index in [4.69, 9.17) is 4.74 Å². The Hall–Kier alpha value is -1.55. The van der Waals surface area contributed by atoms with Crippen LogP contribution < -0.4 is 10.1 Å². The molecule has 0 saturated heterocycles. The van der Waals surface area contributed by atoms with Crippen molar-refractivity contribution in [1.82, 2.24) is 5.32 Å². The molecule has 1 aliphatic rings. The van der Waals surface area contributed by atoms with Crippen LogP contribution in [0.15, 0.2) is 12.1 Å². The van der Waals surface area contributed by atoms with Crippen molar-refractivity contribution in [2.24, 2.45) is 0 Å². The van der Waals surface area contributed by atoms with E-state index < -0.39 is 12.0 Å². The van der Waals surface area contributed by atoms with Gasteiger partial charge in [-0.05, 0) is 32.3 Å². The first-order chi connectivity index (χ1) is 8.52. The minimum atomic E-state index is -0.856. The Morgan fingerprint density at radius 1 is 1.44 bits per heavy atom. The van der Waals surface area contributed by atoms with Crippen LogP contribution in [0.1, 0.15) is 35.6 Å². The smallest absolute Gasteiger partial charge is 0.325 e. The fourth-order valence-corrected chi connectivity index (χ4v) is 2.26. The van der Waals surface area contributed by atoms with E-state index in [1.807, 2.05) is 26.0 Å². The Kier molecular flexibility index (Phi) is 3.57. The molecule has 0 aromatic heterocycles. The second-order valence-electron chi connectivity index (χ2n) is 4.92. The molecule has 1 aliphatic carbocycles. The van der Waals surface area contributed by atoms with E-state index in [1.54, 1.807) is 7.11 Å². The lowest BCUT2D eigenvalue weighted by Crippen LogP contribution is -2.30. The lowest BCUT2D eigenvalue weighted by molar-refractivity contribution is -0.139. The van der Waals surface area contributed by atoms with Crippen LogP contribution >= 0.6 is 0 Å². The Bertz CT molecular complexity index is 466. The Labute approximate surface area is 107 Å². The van der Waals surface area contributed by atoms with Gasteiger partial charge in [-0.3, -0.25) is 10.1 Å². The van der Waals surface area contributed by atoms with Crippen LogP contribution in [0.2, 0.25) is 0 Å². The lowest BCUT2D eigenvalue weighted by atomic mass is 9.99. The van der Waals surface area contributed by atoms with Gasteiger partial charge in [0.15, 0.2) is 0 Å². The van der Waals surface area contributed by atoms with Crippen molar-refractivity contribution in [1.29, 1.82) is 0 Å². The molecule has 2 rings (SSSR count). The van der Waals surface area contributed by atoms with E-state index >= 15 is 0 Å². The average Bonchev–Trinajstić information content (AvgIpc) is 3.08. The van der Waals surface area contributed by atoms with Crippen LogP contribution in [0.25, 0.3) is 0 Å². The highest BCUT2D eigenvalue weighted by Crippen LogP contribution is 2.32. The van der Waals surface area contributed by atoms with Crippen molar-refractivity contribution in [2.75, 3.05) is 7.11 Å². The number of nitrogens with one attached hydrogen (secondary N) is 1. The summed E-state index contributed by atoms with van der Waals surface area (Å²) in [5, 5.41) is 12.5. The van der Waals surface area contributed by atoms with Gasteiger partial charge in [-0.25, -0.2) is 0 Å². The number of aliphatic carboxylic acids is 1. The summed E-state index contributed by atoms with van der Waals surface area (Å²) in [6.45, 7) is 3.90. The van der Waals surface area contributed by atoms with Crippen LogP contribution in [0, 0.1) is 13.8 Å². The van der Waals surface area contributed by atoms with E-state index in [0.717, 1.165) is 29.5 Å². The largest absolute Gasteiger partial charge is 0.496 e. The number of carbonyl (C=O) groups is 1. The maximum absolute atomic E-state index is 11.4. The zero-order chi connectivity index (χ0) is 13.3. The third-order valence-corrected chi connectivity index (χ3v) is 3.19. The molecule has 1 fully saturated rings. The molecule has 1 aromatic rings.